The molecule has 1 aromatic rings. The lowest BCUT2D eigenvalue weighted by Gasteiger charge is -2.33. The van der Waals surface area contributed by atoms with Crippen molar-refractivity contribution in [2.45, 2.75) is 50.0 Å². The van der Waals surface area contributed by atoms with E-state index in [1.165, 1.54) is 23.1 Å². The molecule has 0 saturated heterocycles. The van der Waals surface area contributed by atoms with Gasteiger partial charge in [0.15, 0.2) is 0 Å². The van der Waals surface area contributed by atoms with Gasteiger partial charge in [-0.05, 0) is 31.6 Å². The van der Waals surface area contributed by atoms with Crippen molar-refractivity contribution in [3.63, 3.8) is 0 Å². The first-order valence-electron chi connectivity index (χ1n) is 7.46. The van der Waals surface area contributed by atoms with Crippen LogP contribution < -0.4 is 5.32 Å². The highest BCUT2D eigenvalue weighted by atomic mass is 32.2. The highest BCUT2D eigenvalue weighted by molar-refractivity contribution is 7.89. The summed E-state index contributed by atoms with van der Waals surface area (Å²) < 4.78 is 26.7. The summed E-state index contributed by atoms with van der Waals surface area (Å²) in [6.07, 6.45) is 7.99. The van der Waals surface area contributed by atoms with Crippen LogP contribution in [0.2, 0.25) is 0 Å². The van der Waals surface area contributed by atoms with Crippen LogP contribution >= 0.6 is 0 Å². The molecule has 1 saturated carbocycles. The Morgan fingerprint density at radius 2 is 1.81 bits per heavy atom. The fourth-order valence-electron chi connectivity index (χ4n) is 2.86. The summed E-state index contributed by atoms with van der Waals surface area (Å²) >= 11 is 0. The SMILES string of the molecule is CCC1CCC(N(C)S(=O)(=O)c2cnc(NC)nc2)CC1. The standard InChI is InChI=1S/C14H24N4O2S/c1-4-11-5-7-12(8-6-11)18(3)21(19,20)13-9-16-14(15-2)17-10-13/h9-12H,4-8H2,1-3H3,(H,15,16,17). The first-order chi connectivity index (χ1) is 9.98. The molecular formula is C14H24N4O2S. The maximum Gasteiger partial charge on any atom is 0.246 e. The highest BCUT2D eigenvalue weighted by Gasteiger charge is 2.31. The predicted molar refractivity (Wildman–Crippen MR) is 82.6 cm³/mol. The van der Waals surface area contributed by atoms with Crippen LogP contribution in [-0.4, -0.2) is 42.8 Å². The Morgan fingerprint density at radius 1 is 1.24 bits per heavy atom. The molecule has 1 fully saturated rings. The summed E-state index contributed by atoms with van der Waals surface area (Å²) in [6.45, 7) is 2.20. The van der Waals surface area contributed by atoms with Gasteiger partial charge in [0.2, 0.25) is 16.0 Å². The third kappa shape index (κ3) is 3.52. The molecule has 7 heteroatoms. The molecule has 21 heavy (non-hydrogen) atoms. The lowest BCUT2D eigenvalue weighted by atomic mass is 9.85. The van der Waals surface area contributed by atoms with Crippen molar-refractivity contribution >= 4 is 16.0 Å². The van der Waals surface area contributed by atoms with E-state index in [0.29, 0.717) is 5.95 Å². The first kappa shape index (κ1) is 16.2. The molecular weight excluding hydrogens is 288 g/mol. The zero-order chi connectivity index (χ0) is 15.5. The van der Waals surface area contributed by atoms with Gasteiger partial charge in [0.1, 0.15) is 4.90 Å². The molecule has 1 aromatic heterocycles. The van der Waals surface area contributed by atoms with E-state index in [0.717, 1.165) is 31.6 Å². The van der Waals surface area contributed by atoms with E-state index < -0.39 is 10.0 Å². The minimum Gasteiger partial charge on any atom is -0.357 e. The van der Waals surface area contributed by atoms with Crippen LogP contribution in [0, 0.1) is 5.92 Å². The molecule has 1 aliphatic carbocycles. The minimum atomic E-state index is -3.51. The third-order valence-electron chi connectivity index (χ3n) is 4.44. The van der Waals surface area contributed by atoms with Gasteiger partial charge in [-0.2, -0.15) is 4.31 Å². The summed E-state index contributed by atoms with van der Waals surface area (Å²) in [4.78, 5) is 8.13. The van der Waals surface area contributed by atoms with Crippen molar-refractivity contribution < 1.29 is 8.42 Å². The Labute approximate surface area is 127 Å². The van der Waals surface area contributed by atoms with Crippen molar-refractivity contribution in [1.29, 1.82) is 0 Å². The van der Waals surface area contributed by atoms with Gasteiger partial charge in [0.25, 0.3) is 0 Å². The molecule has 6 nitrogen and oxygen atoms in total. The molecule has 0 amide bonds. The molecule has 0 aliphatic heterocycles. The lowest BCUT2D eigenvalue weighted by molar-refractivity contribution is 0.233. The molecule has 0 bridgehead atoms. The van der Waals surface area contributed by atoms with Gasteiger partial charge in [-0.1, -0.05) is 13.3 Å². The van der Waals surface area contributed by atoms with Crippen molar-refractivity contribution in [3.8, 4) is 0 Å². The van der Waals surface area contributed by atoms with E-state index in [1.807, 2.05) is 0 Å². The van der Waals surface area contributed by atoms with E-state index >= 15 is 0 Å². The number of anilines is 1. The Kier molecular flexibility index (Phi) is 5.16. The number of sulfonamides is 1. The Balaban J connectivity index is 2.11. The fourth-order valence-corrected chi connectivity index (χ4v) is 4.17. The zero-order valence-corrected chi connectivity index (χ0v) is 13.7. The minimum absolute atomic E-state index is 0.0850. The smallest absolute Gasteiger partial charge is 0.246 e. The second-order valence-electron chi connectivity index (χ2n) is 5.60. The number of rotatable bonds is 5. The monoisotopic (exact) mass is 312 g/mol. The van der Waals surface area contributed by atoms with Crippen molar-refractivity contribution in [2.75, 3.05) is 19.4 Å². The molecule has 118 valence electrons. The molecule has 1 N–H and O–H groups in total. The van der Waals surface area contributed by atoms with Crippen LogP contribution in [0.25, 0.3) is 0 Å². The van der Waals surface area contributed by atoms with Crippen LogP contribution in [0.1, 0.15) is 39.0 Å². The molecule has 0 unspecified atom stereocenters. The predicted octanol–water partition coefficient (Wildman–Crippen LogP) is 2.11. The number of aromatic nitrogens is 2. The average Bonchev–Trinajstić information content (AvgIpc) is 2.54. The second kappa shape index (κ2) is 6.70. The number of hydrogen-bond donors (Lipinski definition) is 1. The average molecular weight is 312 g/mol. The van der Waals surface area contributed by atoms with Crippen molar-refractivity contribution in [3.05, 3.63) is 12.4 Å². The lowest BCUT2D eigenvalue weighted by Crippen LogP contribution is -2.39. The molecule has 0 spiro atoms. The molecule has 0 atom stereocenters. The van der Waals surface area contributed by atoms with Crippen LogP contribution in [-0.2, 0) is 10.0 Å². The van der Waals surface area contributed by atoms with Gasteiger partial charge in [0.05, 0.1) is 12.4 Å². The van der Waals surface area contributed by atoms with Crippen molar-refractivity contribution in [2.24, 2.45) is 5.92 Å². The van der Waals surface area contributed by atoms with Crippen LogP contribution in [0.4, 0.5) is 5.95 Å². The molecule has 0 radical (unpaired) electrons. The van der Waals surface area contributed by atoms with Crippen molar-refractivity contribution in [1.82, 2.24) is 14.3 Å². The normalized spacial score (nSPS) is 23.2. The van der Waals surface area contributed by atoms with Gasteiger partial charge in [-0.15, -0.1) is 0 Å². The van der Waals surface area contributed by atoms with Gasteiger partial charge >= 0.3 is 0 Å². The molecule has 0 aromatic carbocycles. The number of nitrogens with zero attached hydrogens (tertiary/aromatic N) is 3. The maximum atomic E-state index is 12.6. The van der Waals surface area contributed by atoms with E-state index in [-0.39, 0.29) is 10.9 Å². The van der Waals surface area contributed by atoms with Crippen LogP contribution in [0.15, 0.2) is 17.3 Å². The topological polar surface area (TPSA) is 75.2 Å². The van der Waals surface area contributed by atoms with Gasteiger partial charge in [0, 0.05) is 20.1 Å². The number of nitrogens with one attached hydrogen (secondary N) is 1. The summed E-state index contributed by atoms with van der Waals surface area (Å²) in [5.41, 5.74) is 0. The van der Waals surface area contributed by atoms with Gasteiger partial charge in [-0.3, -0.25) is 0 Å². The molecule has 1 aliphatic rings. The fraction of sp³-hybridized carbons (Fsp3) is 0.714. The largest absolute Gasteiger partial charge is 0.357 e. The Morgan fingerprint density at radius 3 is 2.29 bits per heavy atom. The first-order valence-corrected chi connectivity index (χ1v) is 8.90. The van der Waals surface area contributed by atoms with Gasteiger partial charge < -0.3 is 5.32 Å². The Bertz CT molecular complexity index is 551. The summed E-state index contributed by atoms with van der Waals surface area (Å²) in [6, 6.07) is 0.0850. The van der Waals surface area contributed by atoms with E-state index in [4.69, 9.17) is 0 Å². The highest BCUT2D eigenvalue weighted by Crippen LogP contribution is 2.31. The van der Waals surface area contributed by atoms with Crippen LogP contribution in [0.3, 0.4) is 0 Å². The summed E-state index contributed by atoms with van der Waals surface area (Å²) in [7, 11) is -0.146. The molecule has 1 heterocycles. The summed E-state index contributed by atoms with van der Waals surface area (Å²) in [5, 5.41) is 2.78. The second-order valence-corrected chi connectivity index (χ2v) is 7.59. The third-order valence-corrected chi connectivity index (χ3v) is 6.30. The summed E-state index contributed by atoms with van der Waals surface area (Å²) in [5.74, 6) is 1.16. The maximum absolute atomic E-state index is 12.6. The number of hydrogen-bond acceptors (Lipinski definition) is 5. The quantitative estimate of drug-likeness (QED) is 0.901. The zero-order valence-electron chi connectivity index (χ0n) is 12.9. The van der Waals surface area contributed by atoms with E-state index in [9.17, 15) is 8.42 Å². The van der Waals surface area contributed by atoms with E-state index in [2.05, 4.69) is 22.2 Å². The van der Waals surface area contributed by atoms with E-state index in [1.54, 1.807) is 14.1 Å². The molecule has 2 rings (SSSR count). The van der Waals surface area contributed by atoms with Gasteiger partial charge in [-0.25, -0.2) is 18.4 Å². The Hall–Kier alpha value is -1.21. The van der Waals surface area contributed by atoms with Crippen LogP contribution in [0.5, 0.6) is 0 Å².